The molecule has 1 aliphatic heterocycles. The van der Waals surface area contributed by atoms with E-state index >= 15 is 0 Å². The van der Waals surface area contributed by atoms with Crippen LogP contribution in [-0.2, 0) is 22.6 Å². The first-order chi connectivity index (χ1) is 15.9. The SMILES string of the molecule is Cc1cc(F)cc(Cl)c1C1CNCC1N(C)C(=O)C(C)(C)c1cc(C(F)(F)F)cc(C(F)(F)F)c1. The lowest BCUT2D eigenvalue weighted by Crippen LogP contribution is -2.49. The Balaban J connectivity index is 2.01. The van der Waals surface area contributed by atoms with Gasteiger partial charge in [-0.05, 0) is 67.8 Å². The van der Waals surface area contributed by atoms with Crippen LogP contribution >= 0.6 is 11.6 Å². The molecule has 11 heteroatoms. The van der Waals surface area contributed by atoms with E-state index in [0.717, 1.165) is 6.07 Å². The van der Waals surface area contributed by atoms with Gasteiger partial charge in [0.15, 0.2) is 0 Å². The first-order valence-corrected chi connectivity index (χ1v) is 11.1. The van der Waals surface area contributed by atoms with Gasteiger partial charge in [0.2, 0.25) is 5.91 Å². The summed E-state index contributed by atoms with van der Waals surface area (Å²) >= 11 is 6.29. The van der Waals surface area contributed by atoms with Gasteiger partial charge in [0, 0.05) is 31.1 Å². The van der Waals surface area contributed by atoms with E-state index in [0.29, 0.717) is 36.3 Å². The molecule has 2 atom stereocenters. The van der Waals surface area contributed by atoms with Gasteiger partial charge in [-0.2, -0.15) is 26.3 Å². The zero-order valence-corrected chi connectivity index (χ0v) is 20.1. The highest BCUT2D eigenvalue weighted by Crippen LogP contribution is 2.40. The molecule has 0 aromatic heterocycles. The first-order valence-electron chi connectivity index (χ1n) is 10.7. The fraction of sp³-hybridized carbons (Fsp3) is 0.458. The number of benzene rings is 2. The van der Waals surface area contributed by atoms with Crippen molar-refractivity contribution in [3.05, 3.63) is 69.0 Å². The van der Waals surface area contributed by atoms with Gasteiger partial charge in [-0.3, -0.25) is 4.79 Å². The third kappa shape index (κ3) is 5.43. The molecule has 2 aromatic rings. The Hall–Kier alpha value is -2.33. The van der Waals surface area contributed by atoms with Gasteiger partial charge in [-0.15, -0.1) is 0 Å². The van der Waals surface area contributed by atoms with Crippen LogP contribution in [0.25, 0.3) is 0 Å². The van der Waals surface area contributed by atoms with Crippen molar-refractivity contribution < 1.29 is 35.5 Å². The molecule has 0 bridgehead atoms. The fourth-order valence-electron chi connectivity index (χ4n) is 4.58. The van der Waals surface area contributed by atoms with Crippen LogP contribution < -0.4 is 5.32 Å². The van der Waals surface area contributed by atoms with E-state index in [1.54, 1.807) is 6.92 Å². The fourth-order valence-corrected chi connectivity index (χ4v) is 4.97. The molecule has 0 spiro atoms. The number of aryl methyl sites for hydroxylation is 1. The Morgan fingerprint density at radius 1 is 0.943 bits per heavy atom. The van der Waals surface area contributed by atoms with Gasteiger partial charge in [-0.1, -0.05) is 11.6 Å². The summed E-state index contributed by atoms with van der Waals surface area (Å²) in [6.45, 7) is 4.96. The number of hydrogen-bond donors (Lipinski definition) is 1. The third-order valence-corrected chi connectivity index (χ3v) is 6.83. The standard InChI is InChI=1S/C24H24ClF7N2O/c1-12-5-16(26)9-18(25)20(12)17-10-33-11-19(17)34(4)21(35)22(2,3)13-6-14(23(27,28)29)8-15(7-13)24(30,31)32/h5-9,17,19,33H,10-11H2,1-4H3. The van der Waals surface area contributed by atoms with Crippen molar-refractivity contribution in [1.82, 2.24) is 10.2 Å². The quantitative estimate of drug-likeness (QED) is 0.475. The summed E-state index contributed by atoms with van der Waals surface area (Å²) in [7, 11) is 1.44. The summed E-state index contributed by atoms with van der Waals surface area (Å²) in [5.41, 5.74) is -3.90. The number of nitrogens with one attached hydrogen (secondary N) is 1. The molecule has 1 amide bonds. The van der Waals surface area contributed by atoms with Crippen molar-refractivity contribution in [1.29, 1.82) is 0 Å². The zero-order chi connectivity index (χ0) is 26.5. The van der Waals surface area contributed by atoms with E-state index in [9.17, 15) is 35.5 Å². The van der Waals surface area contributed by atoms with Gasteiger partial charge in [-0.25, -0.2) is 4.39 Å². The Morgan fingerprint density at radius 2 is 1.46 bits per heavy atom. The van der Waals surface area contributed by atoms with Crippen LogP contribution in [0.1, 0.15) is 47.6 Å². The minimum absolute atomic E-state index is 0.0317. The maximum atomic E-state index is 13.7. The normalized spacial score (nSPS) is 19.2. The summed E-state index contributed by atoms with van der Waals surface area (Å²) in [6, 6.07) is 3.13. The van der Waals surface area contributed by atoms with Gasteiger partial charge < -0.3 is 10.2 Å². The van der Waals surface area contributed by atoms with Gasteiger partial charge >= 0.3 is 12.4 Å². The topological polar surface area (TPSA) is 32.3 Å². The Labute approximate surface area is 203 Å². The summed E-state index contributed by atoms with van der Waals surface area (Å²) < 4.78 is 93.9. The van der Waals surface area contributed by atoms with Crippen LogP contribution in [0.5, 0.6) is 0 Å². The molecule has 192 valence electrons. The number of nitrogens with zero attached hydrogens (tertiary/aromatic N) is 1. The molecule has 1 fully saturated rings. The second-order valence-electron chi connectivity index (χ2n) is 9.29. The predicted molar refractivity (Wildman–Crippen MR) is 118 cm³/mol. The van der Waals surface area contributed by atoms with Crippen molar-refractivity contribution in [2.45, 2.75) is 50.5 Å². The third-order valence-electron chi connectivity index (χ3n) is 6.52. The summed E-state index contributed by atoms with van der Waals surface area (Å²) in [5, 5.41) is 3.31. The molecule has 3 nitrogen and oxygen atoms in total. The number of alkyl halides is 6. The molecule has 2 unspecified atom stereocenters. The molecule has 1 saturated heterocycles. The van der Waals surface area contributed by atoms with Crippen LogP contribution in [0.15, 0.2) is 30.3 Å². The minimum Gasteiger partial charge on any atom is -0.340 e. The highest BCUT2D eigenvalue weighted by atomic mass is 35.5. The molecule has 2 aromatic carbocycles. The smallest absolute Gasteiger partial charge is 0.340 e. The monoisotopic (exact) mass is 524 g/mol. The van der Waals surface area contributed by atoms with E-state index in [4.69, 9.17) is 11.6 Å². The second-order valence-corrected chi connectivity index (χ2v) is 9.69. The number of rotatable bonds is 4. The van der Waals surface area contributed by atoms with Crippen molar-refractivity contribution in [2.24, 2.45) is 0 Å². The number of carbonyl (C=O) groups excluding carboxylic acids is 1. The van der Waals surface area contributed by atoms with Crippen LogP contribution in [-0.4, -0.2) is 37.0 Å². The van der Waals surface area contributed by atoms with Crippen LogP contribution in [0.2, 0.25) is 5.02 Å². The average Bonchev–Trinajstić information content (AvgIpc) is 3.19. The summed E-state index contributed by atoms with van der Waals surface area (Å²) in [6.07, 6.45) is -10.1. The van der Waals surface area contributed by atoms with E-state index in [2.05, 4.69) is 5.32 Å². The zero-order valence-electron chi connectivity index (χ0n) is 19.3. The molecule has 0 aliphatic carbocycles. The molecule has 1 heterocycles. The number of halogens is 8. The lowest BCUT2D eigenvalue weighted by Gasteiger charge is -2.36. The van der Waals surface area contributed by atoms with E-state index < -0.39 is 52.2 Å². The molecule has 0 radical (unpaired) electrons. The molecular weight excluding hydrogens is 501 g/mol. The summed E-state index contributed by atoms with van der Waals surface area (Å²) in [5.74, 6) is -1.55. The molecule has 3 rings (SSSR count). The molecule has 1 N–H and O–H groups in total. The Bertz CT molecular complexity index is 1070. The number of carbonyl (C=O) groups is 1. The molecule has 35 heavy (non-hydrogen) atoms. The number of hydrogen-bond acceptors (Lipinski definition) is 2. The van der Waals surface area contributed by atoms with Crippen molar-refractivity contribution in [2.75, 3.05) is 20.1 Å². The maximum Gasteiger partial charge on any atom is 0.416 e. The average molecular weight is 525 g/mol. The van der Waals surface area contributed by atoms with Crippen LogP contribution in [0, 0.1) is 12.7 Å². The Kier molecular flexibility index (Phi) is 7.23. The molecular formula is C24H24ClF7N2O. The van der Waals surface area contributed by atoms with E-state index in [1.807, 2.05) is 0 Å². The lowest BCUT2D eigenvalue weighted by molar-refractivity contribution is -0.144. The van der Waals surface area contributed by atoms with Crippen molar-refractivity contribution in [3.8, 4) is 0 Å². The highest BCUT2D eigenvalue weighted by molar-refractivity contribution is 6.31. The van der Waals surface area contributed by atoms with Crippen LogP contribution in [0.4, 0.5) is 30.7 Å². The highest BCUT2D eigenvalue weighted by Gasteiger charge is 2.43. The predicted octanol–water partition coefficient (Wildman–Crippen LogP) is 6.32. The van der Waals surface area contributed by atoms with E-state index in [1.165, 1.54) is 31.9 Å². The van der Waals surface area contributed by atoms with E-state index in [-0.39, 0.29) is 17.0 Å². The van der Waals surface area contributed by atoms with Crippen molar-refractivity contribution >= 4 is 17.5 Å². The van der Waals surface area contributed by atoms with Gasteiger partial charge in [0.25, 0.3) is 0 Å². The van der Waals surface area contributed by atoms with Crippen LogP contribution in [0.3, 0.4) is 0 Å². The van der Waals surface area contributed by atoms with Crippen molar-refractivity contribution in [3.63, 3.8) is 0 Å². The lowest BCUT2D eigenvalue weighted by atomic mass is 9.80. The summed E-state index contributed by atoms with van der Waals surface area (Å²) in [4.78, 5) is 14.8. The molecule has 0 saturated carbocycles. The number of amides is 1. The molecule has 1 aliphatic rings. The van der Waals surface area contributed by atoms with Gasteiger partial charge in [0.05, 0.1) is 22.6 Å². The minimum atomic E-state index is -5.03. The second kappa shape index (κ2) is 9.28. The Morgan fingerprint density at radius 3 is 1.94 bits per heavy atom. The largest absolute Gasteiger partial charge is 0.416 e. The van der Waals surface area contributed by atoms with Gasteiger partial charge in [0.1, 0.15) is 5.82 Å². The first kappa shape index (κ1) is 27.3. The number of likely N-dealkylation sites (N-methyl/N-ethyl adjacent to an activating group) is 1. The maximum absolute atomic E-state index is 13.7.